The molecule has 150 valence electrons. The Labute approximate surface area is 165 Å². The lowest BCUT2D eigenvalue weighted by molar-refractivity contribution is -0.137. The monoisotopic (exact) mass is 424 g/mol. The number of hydrogen-bond donors (Lipinski definition) is 1. The Morgan fingerprint density at radius 3 is 2.69 bits per heavy atom. The zero-order valence-electron chi connectivity index (χ0n) is 14.7. The molecule has 0 saturated heterocycles. The second-order valence-electron chi connectivity index (χ2n) is 5.78. The molecule has 0 amide bonds. The fourth-order valence-corrected chi connectivity index (χ4v) is 2.93. The first-order chi connectivity index (χ1) is 13.6. The molecule has 0 radical (unpaired) electrons. The first-order valence-electron chi connectivity index (χ1n) is 7.97. The van der Waals surface area contributed by atoms with Crippen LogP contribution in [0.4, 0.5) is 22.7 Å². The van der Waals surface area contributed by atoms with Crippen molar-refractivity contribution in [3.63, 3.8) is 0 Å². The van der Waals surface area contributed by atoms with Gasteiger partial charge in [-0.3, -0.25) is 0 Å². The summed E-state index contributed by atoms with van der Waals surface area (Å²) in [7, 11) is 1.51. The number of carbonyl (C=O) groups is 1. The van der Waals surface area contributed by atoms with E-state index in [4.69, 9.17) is 5.11 Å². The van der Waals surface area contributed by atoms with E-state index in [0.717, 1.165) is 35.8 Å². The van der Waals surface area contributed by atoms with Gasteiger partial charge in [-0.15, -0.1) is 0 Å². The summed E-state index contributed by atoms with van der Waals surface area (Å²) in [5, 5.41) is 14.7. The summed E-state index contributed by atoms with van der Waals surface area (Å²) in [4.78, 5) is 15.4. The average molecular weight is 424 g/mol. The smallest absolute Gasteiger partial charge is 0.416 e. The van der Waals surface area contributed by atoms with Crippen molar-refractivity contribution in [1.29, 1.82) is 0 Å². The molecule has 2 aromatic carbocycles. The van der Waals surface area contributed by atoms with E-state index in [-0.39, 0.29) is 27.6 Å². The number of alkyl halides is 3. The molecule has 0 spiro atoms. The molecular weight excluding hydrogens is 412 g/mol. The topological polar surface area (TPSA) is 78.7 Å². The minimum absolute atomic E-state index is 0.103. The maximum absolute atomic E-state index is 13.2. The van der Waals surface area contributed by atoms with Crippen LogP contribution in [0, 0.1) is 5.82 Å². The second kappa shape index (κ2) is 7.95. The number of halogens is 4. The Morgan fingerprint density at radius 1 is 1.24 bits per heavy atom. The highest BCUT2D eigenvalue weighted by atomic mass is 32.1. The van der Waals surface area contributed by atoms with Crippen LogP contribution in [0.2, 0.25) is 0 Å². The van der Waals surface area contributed by atoms with Gasteiger partial charge in [-0.2, -0.15) is 27.6 Å². The summed E-state index contributed by atoms with van der Waals surface area (Å²) in [5.74, 6) is -1.90. The van der Waals surface area contributed by atoms with Gasteiger partial charge in [0.25, 0.3) is 0 Å². The van der Waals surface area contributed by atoms with Gasteiger partial charge >= 0.3 is 12.1 Å². The number of aromatic carboxylic acids is 1. The average Bonchev–Trinajstić information content (AvgIpc) is 3.16. The third-order valence-electron chi connectivity index (χ3n) is 3.76. The van der Waals surface area contributed by atoms with Crippen molar-refractivity contribution in [3.8, 4) is 11.4 Å². The van der Waals surface area contributed by atoms with Crippen LogP contribution >= 0.6 is 11.5 Å². The van der Waals surface area contributed by atoms with Gasteiger partial charge in [-0.25, -0.2) is 14.2 Å². The molecule has 11 heteroatoms. The van der Waals surface area contributed by atoms with E-state index in [1.807, 2.05) is 0 Å². The van der Waals surface area contributed by atoms with Crippen LogP contribution in [0.5, 0.6) is 0 Å². The lowest BCUT2D eigenvalue weighted by Gasteiger charge is -2.08. The van der Waals surface area contributed by atoms with Crippen LogP contribution in [-0.4, -0.2) is 33.7 Å². The molecule has 6 nitrogen and oxygen atoms in total. The quantitative estimate of drug-likeness (QED) is 0.370. The Balaban J connectivity index is 1.83. The highest BCUT2D eigenvalue weighted by Gasteiger charge is 2.30. The number of anilines is 1. The maximum Gasteiger partial charge on any atom is 0.416 e. The van der Waals surface area contributed by atoms with E-state index in [9.17, 15) is 22.4 Å². The molecule has 0 aliphatic heterocycles. The number of hydrogen-bond acceptors (Lipinski definition) is 6. The standard InChI is InChI=1S/C18H12F4N4O2S/c1-26(23-9-11-5-6-13(19)8-14(11)16(27)28)17-24-15(25-29-17)10-3-2-4-12(7-10)18(20,21)22/h2-9H,1H3,(H,27,28)/b23-9+. The predicted molar refractivity (Wildman–Crippen MR) is 99.7 cm³/mol. The summed E-state index contributed by atoms with van der Waals surface area (Å²) < 4.78 is 55.9. The molecular formula is C18H12F4N4O2S. The van der Waals surface area contributed by atoms with Gasteiger partial charge < -0.3 is 5.11 Å². The van der Waals surface area contributed by atoms with Gasteiger partial charge in [0.1, 0.15) is 5.82 Å². The van der Waals surface area contributed by atoms with Gasteiger partial charge in [-0.05, 0) is 30.3 Å². The molecule has 0 unspecified atom stereocenters. The molecule has 0 aliphatic rings. The van der Waals surface area contributed by atoms with E-state index in [1.54, 1.807) is 0 Å². The van der Waals surface area contributed by atoms with E-state index >= 15 is 0 Å². The minimum atomic E-state index is -4.48. The van der Waals surface area contributed by atoms with Crippen molar-refractivity contribution >= 4 is 28.8 Å². The molecule has 3 aromatic rings. The number of nitrogens with zero attached hydrogens (tertiary/aromatic N) is 4. The number of aromatic nitrogens is 2. The summed E-state index contributed by atoms with van der Waals surface area (Å²) in [6, 6.07) is 7.88. The first-order valence-corrected chi connectivity index (χ1v) is 8.74. The van der Waals surface area contributed by atoms with Crippen LogP contribution in [0.3, 0.4) is 0 Å². The van der Waals surface area contributed by atoms with E-state index in [0.29, 0.717) is 0 Å². The molecule has 0 atom stereocenters. The molecule has 1 aromatic heterocycles. The Bertz CT molecular complexity index is 1080. The predicted octanol–water partition coefficient (Wildman–Crippen LogP) is 4.53. The van der Waals surface area contributed by atoms with Gasteiger partial charge in [0, 0.05) is 29.7 Å². The lowest BCUT2D eigenvalue weighted by Crippen LogP contribution is -2.10. The SMILES string of the molecule is CN(/N=C/c1ccc(F)cc1C(=O)O)c1nc(-c2cccc(C(F)(F)F)c2)ns1. The number of carboxylic acid groups (broad SMARTS) is 1. The first kappa shape index (κ1) is 20.4. The third-order valence-corrected chi connectivity index (χ3v) is 4.54. The molecule has 3 rings (SSSR count). The zero-order valence-corrected chi connectivity index (χ0v) is 15.5. The van der Waals surface area contributed by atoms with Crippen molar-refractivity contribution in [3.05, 3.63) is 65.0 Å². The summed E-state index contributed by atoms with van der Waals surface area (Å²) in [5.41, 5.74) is -0.695. The molecule has 1 heterocycles. The van der Waals surface area contributed by atoms with Crippen LogP contribution < -0.4 is 5.01 Å². The normalized spacial score (nSPS) is 11.8. The van der Waals surface area contributed by atoms with Crippen LogP contribution in [0.25, 0.3) is 11.4 Å². The van der Waals surface area contributed by atoms with Gasteiger partial charge in [0.15, 0.2) is 5.82 Å². The molecule has 1 N–H and O–H groups in total. The van der Waals surface area contributed by atoms with Crippen molar-refractivity contribution < 1.29 is 27.5 Å². The molecule has 0 bridgehead atoms. The number of benzene rings is 2. The largest absolute Gasteiger partial charge is 0.478 e. The Kier molecular flexibility index (Phi) is 5.59. The number of carboxylic acids is 1. The van der Waals surface area contributed by atoms with Crippen molar-refractivity contribution in [2.45, 2.75) is 6.18 Å². The molecule has 0 fully saturated rings. The summed E-state index contributed by atoms with van der Waals surface area (Å²) in [6.07, 6.45) is -3.26. The lowest BCUT2D eigenvalue weighted by atomic mass is 10.1. The Hall–Kier alpha value is -3.34. The van der Waals surface area contributed by atoms with E-state index in [1.165, 1.54) is 36.5 Å². The van der Waals surface area contributed by atoms with Crippen LogP contribution in [0.15, 0.2) is 47.6 Å². The van der Waals surface area contributed by atoms with Crippen molar-refractivity contribution in [1.82, 2.24) is 9.36 Å². The van der Waals surface area contributed by atoms with Crippen LogP contribution in [0.1, 0.15) is 21.5 Å². The fourth-order valence-electron chi connectivity index (χ4n) is 2.32. The highest BCUT2D eigenvalue weighted by molar-refractivity contribution is 7.09. The van der Waals surface area contributed by atoms with E-state index in [2.05, 4.69) is 14.5 Å². The van der Waals surface area contributed by atoms with Gasteiger partial charge in [0.2, 0.25) is 5.13 Å². The molecule has 0 aliphatic carbocycles. The highest BCUT2D eigenvalue weighted by Crippen LogP contribution is 2.32. The second-order valence-corrected chi connectivity index (χ2v) is 6.51. The summed E-state index contributed by atoms with van der Waals surface area (Å²) >= 11 is 0.907. The number of hydrazone groups is 1. The van der Waals surface area contributed by atoms with Crippen molar-refractivity contribution in [2.24, 2.45) is 5.10 Å². The maximum atomic E-state index is 13.2. The molecule has 0 saturated carbocycles. The molecule has 29 heavy (non-hydrogen) atoms. The number of rotatable bonds is 5. The van der Waals surface area contributed by atoms with Gasteiger partial charge in [-0.1, -0.05) is 12.1 Å². The summed E-state index contributed by atoms with van der Waals surface area (Å²) in [6.45, 7) is 0. The van der Waals surface area contributed by atoms with E-state index < -0.39 is 23.5 Å². The fraction of sp³-hybridized carbons (Fsp3) is 0.111. The zero-order chi connectivity index (χ0) is 21.2. The third kappa shape index (κ3) is 4.74. The minimum Gasteiger partial charge on any atom is -0.478 e. The Morgan fingerprint density at radius 2 is 2.00 bits per heavy atom. The van der Waals surface area contributed by atoms with Crippen molar-refractivity contribution in [2.75, 3.05) is 12.1 Å². The van der Waals surface area contributed by atoms with Crippen LogP contribution in [-0.2, 0) is 6.18 Å². The van der Waals surface area contributed by atoms with Gasteiger partial charge in [0.05, 0.1) is 17.3 Å².